The van der Waals surface area contributed by atoms with Crippen LogP contribution in [0.1, 0.15) is 16.1 Å². The molecule has 0 saturated carbocycles. The monoisotopic (exact) mass is 385 g/mol. The molecule has 2 heterocycles. The molecule has 0 spiro atoms. The Morgan fingerprint density at radius 2 is 1.83 bits per heavy atom. The lowest BCUT2D eigenvalue weighted by molar-refractivity contribution is 0.0946. The molecule has 29 heavy (non-hydrogen) atoms. The summed E-state index contributed by atoms with van der Waals surface area (Å²) in [5.41, 5.74) is 3.34. The number of aromatic nitrogens is 4. The lowest BCUT2D eigenvalue weighted by Crippen LogP contribution is -2.24. The zero-order valence-corrected chi connectivity index (χ0v) is 15.8. The fourth-order valence-corrected chi connectivity index (χ4v) is 2.96. The molecule has 0 bridgehead atoms. The van der Waals surface area contributed by atoms with Crippen LogP contribution in [-0.4, -0.2) is 33.0 Å². The Balaban J connectivity index is 1.70. The minimum absolute atomic E-state index is 0.241. The summed E-state index contributed by atoms with van der Waals surface area (Å²) in [6, 6.07) is 20.8. The summed E-state index contributed by atoms with van der Waals surface area (Å²) in [5, 5.41) is 11.3. The van der Waals surface area contributed by atoms with Crippen LogP contribution in [0.3, 0.4) is 0 Å². The second-order valence-electron chi connectivity index (χ2n) is 6.31. The highest BCUT2D eigenvalue weighted by Gasteiger charge is 2.22. The van der Waals surface area contributed by atoms with Crippen LogP contribution in [0, 0.1) is 0 Å². The molecule has 0 fully saturated rings. The molecule has 4 rings (SSSR count). The van der Waals surface area contributed by atoms with Crippen molar-refractivity contribution in [3.05, 3.63) is 90.4 Å². The number of nitrogens with zero attached hydrogens (tertiary/aromatic N) is 4. The van der Waals surface area contributed by atoms with Crippen LogP contribution in [0.15, 0.2) is 79.1 Å². The largest absolute Gasteiger partial charge is 0.497 e. The van der Waals surface area contributed by atoms with E-state index in [9.17, 15) is 4.79 Å². The third-order valence-electron chi connectivity index (χ3n) is 4.43. The van der Waals surface area contributed by atoms with Crippen LogP contribution in [0.2, 0.25) is 0 Å². The number of ether oxygens (including phenoxy) is 1. The zero-order chi connectivity index (χ0) is 20.1. The molecule has 1 amide bonds. The maximum absolute atomic E-state index is 12.9. The summed E-state index contributed by atoms with van der Waals surface area (Å²) < 4.78 is 6.85. The molecule has 0 aliphatic heterocycles. The molecule has 0 unspecified atom stereocenters. The molecule has 2 aromatic heterocycles. The number of amides is 1. The molecule has 2 aromatic carbocycles. The molecule has 1 N–H and O–H groups in total. The molecule has 7 heteroatoms. The van der Waals surface area contributed by atoms with Crippen LogP contribution in [0.4, 0.5) is 0 Å². The number of hydrogen-bond donors (Lipinski definition) is 1. The molecule has 0 saturated heterocycles. The van der Waals surface area contributed by atoms with Crippen molar-refractivity contribution < 1.29 is 9.53 Å². The van der Waals surface area contributed by atoms with E-state index in [1.54, 1.807) is 24.2 Å². The highest BCUT2D eigenvalue weighted by atomic mass is 16.5. The average molecular weight is 385 g/mol. The number of benzene rings is 2. The number of carbonyl (C=O) groups excluding carboxylic acids is 1. The van der Waals surface area contributed by atoms with Crippen LogP contribution in [0.5, 0.6) is 5.75 Å². The summed E-state index contributed by atoms with van der Waals surface area (Å²) in [6.07, 6.45) is 3.37. The van der Waals surface area contributed by atoms with Gasteiger partial charge in [-0.25, -0.2) is 4.68 Å². The maximum atomic E-state index is 12.9. The Bertz CT molecular complexity index is 1090. The van der Waals surface area contributed by atoms with Gasteiger partial charge < -0.3 is 10.1 Å². The van der Waals surface area contributed by atoms with E-state index in [1.807, 2.05) is 66.7 Å². The first kappa shape index (κ1) is 18.4. The van der Waals surface area contributed by atoms with Crippen LogP contribution < -0.4 is 10.1 Å². The van der Waals surface area contributed by atoms with E-state index < -0.39 is 0 Å². The molecule has 4 aromatic rings. The summed E-state index contributed by atoms with van der Waals surface area (Å²) in [4.78, 5) is 17.1. The van der Waals surface area contributed by atoms with Gasteiger partial charge in [0.05, 0.1) is 12.8 Å². The van der Waals surface area contributed by atoms with E-state index in [0.717, 1.165) is 22.6 Å². The summed E-state index contributed by atoms with van der Waals surface area (Å²) in [6.45, 7) is 0.404. The molecule has 0 aliphatic rings. The van der Waals surface area contributed by atoms with E-state index in [-0.39, 0.29) is 11.6 Å². The number of nitrogens with one attached hydrogen (secondary N) is 1. The van der Waals surface area contributed by atoms with E-state index in [1.165, 1.54) is 0 Å². The lowest BCUT2D eigenvalue weighted by Gasteiger charge is -2.09. The quantitative estimate of drug-likeness (QED) is 0.551. The Morgan fingerprint density at radius 3 is 2.52 bits per heavy atom. The molecule has 0 aliphatic carbocycles. The van der Waals surface area contributed by atoms with Crippen molar-refractivity contribution in [1.29, 1.82) is 0 Å². The second-order valence-corrected chi connectivity index (χ2v) is 6.31. The second kappa shape index (κ2) is 8.35. The minimum Gasteiger partial charge on any atom is -0.497 e. The van der Waals surface area contributed by atoms with Gasteiger partial charge in [-0.05, 0) is 42.0 Å². The smallest absolute Gasteiger partial charge is 0.274 e. The van der Waals surface area contributed by atoms with Gasteiger partial charge in [-0.3, -0.25) is 9.78 Å². The highest BCUT2D eigenvalue weighted by Crippen LogP contribution is 2.25. The molecule has 144 valence electrons. The van der Waals surface area contributed by atoms with Gasteiger partial charge >= 0.3 is 0 Å². The summed E-state index contributed by atoms with van der Waals surface area (Å²) in [7, 11) is 1.61. The van der Waals surface area contributed by atoms with Gasteiger partial charge in [0.15, 0.2) is 5.69 Å². The molecular weight excluding hydrogens is 366 g/mol. The van der Waals surface area contributed by atoms with Crippen molar-refractivity contribution in [2.75, 3.05) is 7.11 Å². The number of pyridine rings is 1. The van der Waals surface area contributed by atoms with Gasteiger partial charge in [-0.1, -0.05) is 35.5 Å². The lowest BCUT2D eigenvalue weighted by atomic mass is 10.1. The third kappa shape index (κ3) is 3.98. The molecular formula is C22H19N5O2. The Morgan fingerprint density at radius 1 is 1.03 bits per heavy atom. The standard InChI is InChI=1S/C22H19N5O2/c1-29-19-11-9-18(10-12-19)27-21(17-8-5-13-23-15-17)20(25-26-27)22(28)24-14-16-6-3-2-4-7-16/h2-13,15H,14H2,1H3,(H,24,28). The average Bonchev–Trinajstić information content (AvgIpc) is 3.24. The van der Waals surface area contributed by atoms with Crippen molar-refractivity contribution in [2.24, 2.45) is 0 Å². The first-order valence-electron chi connectivity index (χ1n) is 9.09. The molecule has 0 atom stereocenters. The predicted molar refractivity (Wildman–Crippen MR) is 109 cm³/mol. The summed E-state index contributed by atoms with van der Waals surface area (Å²) >= 11 is 0. The van der Waals surface area contributed by atoms with Gasteiger partial charge in [0.2, 0.25) is 0 Å². The third-order valence-corrected chi connectivity index (χ3v) is 4.43. The number of rotatable bonds is 6. The minimum atomic E-state index is -0.299. The highest BCUT2D eigenvalue weighted by molar-refractivity contribution is 5.98. The number of carbonyl (C=O) groups is 1. The maximum Gasteiger partial charge on any atom is 0.274 e. The van der Waals surface area contributed by atoms with Crippen LogP contribution in [0.25, 0.3) is 16.9 Å². The fraction of sp³-hybridized carbons (Fsp3) is 0.0909. The van der Waals surface area contributed by atoms with E-state index in [2.05, 4.69) is 20.6 Å². The number of methoxy groups -OCH3 is 1. The Kier molecular flexibility index (Phi) is 5.29. The van der Waals surface area contributed by atoms with Gasteiger partial charge in [-0.2, -0.15) is 0 Å². The fourth-order valence-electron chi connectivity index (χ4n) is 2.96. The van der Waals surface area contributed by atoms with Crippen molar-refractivity contribution in [3.63, 3.8) is 0 Å². The van der Waals surface area contributed by atoms with Crippen molar-refractivity contribution in [2.45, 2.75) is 6.54 Å². The van der Waals surface area contributed by atoms with Gasteiger partial charge in [0, 0.05) is 24.5 Å². The first-order valence-corrected chi connectivity index (χ1v) is 9.09. The van der Waals surface area contributed by atoms with Crippen LogP contribution in [-0.2, 0) is 6.54 Å². The van der Waals surface area contributed by atoms with Crippen LogP contribution >= 0.6 is 0 Å². The Hall–Kier alpha value is -4.00. The van der Waals surface area contributed by atoms with Crippen molar-refractivity contribution in [1.82, 2.24) is 25.3 Å². The number of hydrogen-bond acceptors (Lipinski definition) is 5. The van der Waals surface area contributed by atoms with Crippen molar-refractivity contribution >= 4 is 5.91 Å². The Labute approximate surface area is 168 Å². The van der Waals surface area contributed by atoms with E-state index in [0.29, 0.717) is 12.2 Å². The molecule has 7 nitrogen and oxygen atoms in total. The zero-order valence-electron chi connectivity index (χ0n) is 15.8. The van der Waals surface area contributed by atoms with Crippen molar-refractivity contribution in [3.8, 4) is 22.7 Å². The SMILES string of the molecule is COc1ccc(-n2nnc(C(=O)NCc3ccccc3)c2-c2cccnc2)cc1. The van der Waals surface area contributed by atoms with E-state index in [4.69, 9.17) is 4.74 Å². The normalized spacial score (nSPS) is 10.5. The summed E-state index contributed by atoms with van der Waals surface area (Å²) in [5.74, 6) is 0.435. The van der Waals surface area contributed by atoms with E-state index >= 15 is 0 Å². The predicted octanol–water partition coefficient (Wildman–Crippen LogP) is 3.27. The van der Waals surface area contributed by atoms with Gasteiger partial charge in [-0.15, -0.1) is 5.10 Å². The van der Waals surface area contributed by atoms with Gasteiger partial charge in [0.25, 0.3) is 5.91 Å². The first-order chi connectivity index (χ1) is 14.3. The topological polar surface area (TPSA) is 81.9 Å². The van der Waals surface area contributed by atoms with Gasteiger partial charge in [0.1, 0.15) is 11.4 Å². The molecule has 0 radical (unpaired) electrons.